The van der Waals surface area contributed by atoms with Gasteiger partial charge in [0.15, 0.2) is 6.10 Å². The molecule has 0 spiro atoms. The first-order valence-corrected chi connectivity index (χ1v) is 9.76. The summed E-state index contributed by atoms with van der Waals surface area (Å²) < 4.78 is 5.84. The Bertz CT molecular complexity index is 900. The first kappa shape index (κ1) is 17.3. The molecular weight excluding hydrogens is 356 g/mol. The lowest BCUT2D eigenvalue weighted by Gasteiger charge is -2.42. The second kappa shape index (κ2) is 6.98. The van der Waals surface area contributed by atoms with Crippen LogP contribution in [0.25, 0.3) is 0 Å². The summed E-state index contributed by atoms with van der Waals surface area (Å²) in [5, 5.41) is 0. The molecule has 0 radical (unpaired) electrons. The van der Waals surface area contributed by atoms with E-state index in [9.17, 15) is 9.59 Å². The normalized spacial score (nSPS) is 24.8. The van der Waals surface area contributed by atoms with Crippen molar-refractivity contribution in [1.29, 1.82) is 0 Å². The van der Waals surface area contributed by atoms with Crippen molar-refractivity contribution in [3.8, 4) is 0 Å². The van der Waals surface area contributed by atoms with Crippen LogP contribution in [-0.4, -0.2) is 56.9 Å². The van der Waals surface area contributed by atoms with Crippen molar-refractivity contribution < 1.29 is 14.3 Å². The molecule has 2 aromatic rings. The number of fused-ring (bicyclic) bond motifs is 1. The van der Waals surface area contributed by atoms with E-state index in [1.54, 1.807) is 18.6 Å². The van der Waals surface area contributed by atoms with Crippen LogP contribution in [0.1, 0.15) is 35.7 Å². The van der Waals surface area contributed by atoms with Crippen LogP contribution >= 0.6 is 0 Å². The van der Waals surface area contributed by atoms with E-state index in [1.165, 1.54) is 0 Å². The van der Waals surface area contributed by atoms with Gasteiger partial charge in [-0.25, -0.2) is 0 Å². The Morgan fingerprint density at radius 2 is 2.04 bits per heavy atom. The minimum absolute atomic E-state index is 0.0460. The number of carbonyl (C=O) groups excluding carboxylic acids is 2. The molecule has 2 amide bonds. The third-order valence-corrected chi connectivity index (χ3v) is 5.75. The van der Waals surface area contributed by atoms with Gasteiger partial charge >= 0.3 is 0 Å². The molecule has 28 heavy (non-hydrogen) atoms. The molecule has 0 bridgehead atoms. The number of aromatic nitrogens is 2. The SMILES string of the molecule is O=C([C@H]1OCC(=O)N(C2CC2)[C@@H]1c1cccnc1)N1CCc2ncccc2C1. The molecule has 1 saturated heterocycles. The second-order valence-electron chi connectivity index (χ2n) is 7.61. The number of hydrogen-bond acceptors (Lipinski definition) is 5. The van der Waals surface area contributed by atoms with Crippen LogP contribution in [-0.2, 0) is 27.3 Å². The number of nitrogens with zero attached hydrogens (tertiary/aromatic N) is 4. The van der Waals surface area contributed by atoms with Crippen LogP contribution in [0, 0.1) is 0 Å². The smallest absolute Gasteiger partial charge is 0.254 e. The molecule has 3 aliphatic rings. The highest BCUT2D eigenvalue weighted by Gasteiger charge is 2.48. The van der Waals surface area contributed by atoms with Crippen molar-refractivity contribution in [2.75, 3.05) is 13.2 Å². The van der Waals surface area contributed by atoms with Gasteiger partial charge in [0.1, 0.15) is 6.61 Å². The number of carbonyl (C=O) groups is 2. The van der Waals surface area contributed by atoms with Crippen molar-refractivity contribution in [3.05, 3.63) is 59.7 Å². The maximum absolute atomic E-state index is 13.5. The van der Waals surface area contributed by atoms with E-state index in [1.807, 2.05) is 34.1 Å². The van der Waals surface area contributed by atoms with Gasteiger partial charge < -0.3 is 14.5 Å². The Kier molecular flexibility index (Phi) is 4.31. The van der Waals surface area contributed by atoms with Crippen molar-refractivity contribution in [2.45, 2.75) is 44.0 Å². The molecule has 2 aliphatic heterocycles. The minimum Gasteiger partial charge on any atom is -0.356 e. The summed E-state index contributed by atoms with van der Waals surface area (Å²) in [6, 6.07) is 7.44. The molecule has 2 atom stereocenters. The molecule has 144 valence electrons. The Morgan fingerprint density at radius 1 is 1.18 bits per heavy atom. The van der Waals surface area contributed by atoms with Gasteiger partial charge in [-0.15, -0.1) is 0 Å². The summed E-state index contributed by atoms with van der Waals surface area (Å²) in [7, 11) is 0. The maximum Gasteiger partial charge on any atom is 0.254 e. The van der Waals surface area contributed by atoms with Gasteiger partial charge in [-0.05, 0) is 36.1 Å². The topological polar surface area (TPSA) is 75.6 Å². The fourth-order valence-electron chi connectivity index (χ4n) is 4.24. The largest absolute Gasteiger partial charge is 0.356 e. The van der Waals surface area contributed by atoms with Crippen LogP contribution in [0.2, 0.25) is 0 Å². The fourth-order valence-corrected chi connectivity index (χ4v) is 4.24. The average molecular weight is 378 g/mol. The number of pyridine rings is 2. The van der Waals surface area contributed by atoms with Crippen molar-refractivity contribution in [1.82, 2.24) is 19.8 Å². The minimum atomic E-state index is -0.708. The molecule has 0 N–H and O–H groups in total. The van der Waals surface area contributed by atoms with E-state index < -0.39 is 12.1 Å². The van der Waals surface area contributed by atoms with Crippen LogP contribution in [0.3, 0.4) is 0 Å². The lowest BCUT2D eigenvalue weighted by Crippen LogP contribution is -2.56. The zero-order chi connectivity index (χ0) is 19.1. The summed E-state index contributed by atoms with van der Waals surface area (Å²) in [6.45, 7) is 1.09. The van der Waals surface area contributed by atoms with Crippen LogP contribution in [0.4, 0.5) is 0 Å². The van der Waals surface area contributed by atoms with Gasteiger partial charge in [0.25, 0.3) is 5.91 Å². The molecule has 7 heteroatoms. The van der Waals surface area contributed by atoms with E-state index in [0.717, 1.165) is 36.1 Å². The highest BCUT2D eigenvalue weighted by atomic mass is 16.5. The zero-order valence-electron chi connectivity index (χ0n) is 15.5. The fraction of sp³-hybridized carbons (Fsp3) is 0.429. The van der Waals surface area contributed by atoms with Crippen molar-refractivity contribution >= 4 is 11.8 Å². The third kappa shape index (κ3) is 3.05. The lowest BCUT2D eigenvalue weighted by molar-refractivity contribution is -0.170. The Labute approximate surface area is 163 Å². The first-order valence-electron chi connectivity index (χ1n) is 9.76. The zero-order valence-corrected chi connectivity index (χ0v) is 15.5. The molecule has 1 aliphatic carbocycles. The number of morpholine rings is 1. The van der Waals surface area contributed by atoms with Gasteiger partial charge in [0.05, 0.1) is 6.04 Å². The summed E-state index contributed by atoms with van der Waals surface area (Å²) >= 11 is 0. The molecule has 5 rings (SSSR count). The second-order valence-corrected chi connectivity index (χ2v) is 7.61. The highest BCUT2D eigenvalue weighted by molar-refractivity contribution is 5.87. The van der Waals surface area contributed by atoms with E-state index in [-0.39, 0.29) is 24.5 Å². The van der Waals surface area contributed by atoms with Gasteiger partial charge in [-0.3, -0.25) is 19.6 Å². The van der Waals surface area contributed by atoms with E-state index in [4.69, 9.17) is 4.74 Å². The molecule has 2 fully saturated rings. The highest BCUT2D eigenvalue weighted by Crippen LogP contribution is 2.40. The van der Waals surface area contributed by atoms with Crippen LogP contribution in [0.15, 0.2) is 42.9 Å². The monoisotopic (exact) mass is 378 g/mol. The maximum atomic E-state index is 13.5. The quantitative estimate of drug-likeness (QED) is 0.809. The Balaban J connectivity index is 1.45. The van der Waals surface area contributed by atoms with E-state index in [2.05, 4.69) is 9.97 Å². The number of rotatable bonds is 3. The average Bonchev–Trinajstić information content (AvgIpc) is 3.58. The van der Waals surface area contributed by atoms with Gasteiger partial charge in [-0.2, -0.15) is 0 Å². The molecule has 2 aromatic heterocycles. The Morgan fingerprint density at radius 3 is 2.82 bits per heavy atom. The summed E-state index contributed by atoms with van der Waals surface area (Å²) in [6.07, 6.45) is 7.20. The number of ether oxygens (including phenoxy) is 1. The molecule has 7 nitrogen and oxygen atoms in total. The third-order valence-electron chi connectivity index (χ3n) is 5.75. The van der Waals surface area contributed by atoms with Crippen molar-refractivity contribution in [3.63, 3.8) is 0 Å². The molecule has 1 saturated carbocycles. The van der Waals surface area contributed by atoms with Crippen LogP contribution < -0.4 is 0 Å². The van der Waals surface area contributed by atoms with E-state index >= 15 is 0 Å². The predicted octanol–water partition coefficient (Wildman–Crippen LogP) is 1.49. The first-order chi connectivity index (χ1) is 13.7. The molecular formula is C21H22N4O3. The van der Waals surface area contributed by atoms with Gasteiger partial charge in [-0.1, -0.05) is 12.1 Å². The number of amides is 2. The summed E-state index contributed by atoms with van der Waals surface area (Å²) in [4.78, 5) is 38.4. The van der Waals surface area contributed by atoms with Gasteiger partial charge in [0, 0.05) is 49.8 Å². The molecule has 4 heterocycles. The Hall–Kier alpha value is -2.80. The van der Waals surface area contributed by atoms with Gasteiger partial charge in [0.2, 0.25) is 5.91 Å². The predicted molar refractivity (Wildman–Crippen MR) is 99.9 cm³/mol. The summed E-state index contributed by atoms with van der Waals surface area (Å²) in [5.74, 6) is -0.116. The van der Waals surface area contributed by atoms with Crippen LogP contribution in [0.5, 0.6) is 0 Å². The summed E-state index contributed by atoms with van der Waals surface area (Å²) in [5.41, 5.74) is 2.97. The molecule has 0 unspecified atom stereocenters. The molecule has 0 aromatic carbocycles. The number of hydrogen-bond donors (Lipinski definition) is 0. The lowest BCUT2D eigenvalue weighted by atomic mass is 9.96. The van der Waals surface area contributed by atoms with E-state index in [0.29, 0.717) is 13.1 Å². The standard InChI is InChI=1S/C21H22N4O3/c26-18-13-28-20(19(25(18)16-5-6-16)14-3-1-8-22-11-14)21(27)24-10-7-17-15(12-24)4-2-9-23-17/h1-4,8-9,11,16,19-20H,5-7,10,12-13H2/t19-,20+/m1/s1. The van der Waals surface area contributed by atoms with Crippen molar-refractivity contribution in [2.24, 2.45) is 0 Å².